The van der Waals surface area contributed by atoms with Crippen molar-refractivity contribution in [2.24, 2.45) is 11.3 Å². The van der Waals surface area contributed by atoms with E-state index in [9.17, 15) is 19.5 Å². The van der Waals surface area contributed by atoms with E-state index < -0.39 is 29.2 Å². The van der Waals surface area contributed by atoms with Crippen molar-refractivity contribution in [3.05, 3.63) is 23.5 Å². The number of aromatic amines is 1. The van der Waals surface area contributed by atoms with Crippen LogP contribution in [0.2, 0.25) is 0 Å². The van der Waals surface area contributed by atoms with E-state index in [4.69, 9.17) is 9.47 Å². The Bertz CT molecular complexity index is 1180. The fourth-order valence-corrected chi connectivity index (χ4v) is 8.22. The number of aliphatic carboxylic acids is 1. The number of amides is 2. The number of urea groups is 1. The third kappa shape index (κ3) is 14.5. The largest absolute Gasteiger partial charge is 0.481 e. The zero-order chi connectivity index (χ0) is 37.3. The van der Waals surface area contributed by atoms with Crippen LogP contribution in [0.4, 0.5) is 4.79 Å². The molecule has 0 spiro atoms. The number of carbonyl (C=O) groups excluding carboxylic acids is 2. The Morgan fingerprint density at radius 2 is 1.45 bits per heavy atom. The molecule has 9 heteroatoms. The van der Waals surface area contributed by atoms with Crippen LogP contribution in [0.5, 0.6) is 0 Å². The molecular formula is C42H73N3O6. The van der Waals surface area contributed by atoms with Gasteiger partial charge in [0.2, 0.25) is 0 Å². The monoisotopic (exact) mass is 716 g/mol. The zero-order valence-electron chi connectivity index (χ0n) is 33.1. The number of rotatable bonds is 23. The Labute approximate surface area is 309 Å². The molecule has 0 radical (unpaired) electrons. The molecule has 9 nitrogen and oxygen atoms in total. The van der Waals surface area contributed by atoms with Crippen LogP contribution in [0.3, 0.4) is 0 Å². The van der Waals surface area contributed by atoms with Gasteiger partial charge < -0.3 is 30.2 Å². The fraction of sp³-hybridized carbons (Fsp3) is 0.833. The first kappa shape index (κ1) is 43.0. The van der Waals surface area contributed by atoms with E-state index in [-0.39, 0.29) is 36.2 Å². The Balaban J connectivity index is 1.76. The van der Waals surface area contributed by atoms with Crippen molar-refractivity contribution in [3.63, 3.8) is 0 Å². The lowest BCUT2D eigenvalue weighted by molar-refractivity contribution is -0.298. The van der Waals surface area contributed by atoms with Crippen molar-refractivity contribution in [2.75, 3.05) is 6.61 Å². The molecule has 51 heavy (non-hydrogen) atoms. The van der Waals surface area contributed by atoms with E-state index in [0.29, 0.717) is 17.9 Å². The van der Waals surface area contributed by atoms with Gasteiger partial charge in [0, 0.05) is 40.9 Å². The first-order chi connectivity index (χ1) is 24.4. The first-order valence-electron chi connectivity index (χ1n) is 20.7. The molecule has 1 saturated heterocycles. The van der Waals surface area contributed by atoms with E-state index in [1.54, 1.807) is 12.3 Å². The smallest absolute Gasteiger partial charge is 0.315 e. The van der Waals surface area contributed by atoms with Crippen molar-refractivity contribution in [3.8, 4) is 0 Å². The molecular weight excluding hydrogens is 642 g/mol. The average Bonchev–Trinajstić information content (AvgIpc) is 3.45. The van der Waals surface area contributed by atoms with Crippen LogP contribution in [-0.2, 0) is 14.3 Å². The minimum Gasteiger partial charge on any atom is -0.481 e. The molecule has 5 atom stereocenters. The van der Waals surface area contributed by atoms with Gasteiger partial charge in [-0.05, 0) is 51.5 Å². The number of carboxylic acids is 1. The summed E-state index contributed by atoms with van der Waals surface area (Å²) in [6.07, 6.45) is 23.4. The van der Waals surface area contributed by atoms with Crippen LogP contribution >= 0.6 is 0 Å². The SMILES string of the molecule is CCCCCCCCCC(CCCCCCCC)NC(=O)NC1CCCCCC1C(CC(=O)O)c1[nH]ccc1C(=O)C1OC(C)(C)OCC1(C)C. The molecule has 4 N–H and O–H groups in total. The van der Waals surface area contributed by atoms with Crippen LogP contribution in [0.25, 0.3) is 0 Å². The highest BCUT2D eigenvalue weighted by molar-refractivity contribution is 6.01. The third-order valence-corrected chi connectivity index (χ3v) is 11.3. The summed E-state index contributed by atoms with van der Waals surface area (Å²) in [6, 6.07) is 1.54. The number of Topliss-reactive ketones (excluding diaryl/α,β-unsaturated/α-hetero) is 1. The van der Waals surface area contributed by atoms with Gasteiger partial charge in [0.15, 0.2) is 11.6 Å². The van der Waals surface area contributed by atoms with Gasteiger partial charge in [-0.3, -0.25) is 9.59 Å². The van der Waals surface area contributed by atoms with E-state index in [1.807, 2.05) is 27.7 Å². The minimum atomic E-state index is -0.919. The lowest BCUT2D eigenvalue weighted by Crippen LogP contribution is -2.53. The Morgan fingerprint density at radius 1 is 0.863 bits per heavy atom. The third-order valence-electron chi connectivity index (χ3n) is 11.3. The van der Waals surface area contributed by atoms with Crippen LogP contribution in [0.15, 0.2) is 12.3 Å². The van der Waals surface area contributed by atoms with Crippen molar-refractivity contribution in [2.45, 2.75) is 206 Å². The van der Waals surface area contributed by atoms with E-state index >= 15 is 0 Å². The number of carbonyl (C=O) groups is 3. The summed E-state index contributed by atoms with van der Waals surface area (Å²) in [7, 11) is 0. The number of H-pyrrole nitrogens is 1. The Hall–Kier alpha value is -2.39. The molecule has 1 aliphatic heterocycles. The second kappa shape index (κ2) is 22.0. The maximum absolute atomic E-state index is 14.2. The number of unbranched alkanes of at least 4 members (excludes halogenated alkanes) is 11. The van der Waals surface area contributed by atoms with Gasteiger partial charge in [-0.15, -0.1) is 0 Å². The molecule has 5 unspecified atom stereocenters. The molecule has 2 amide bonds. The highest BCUT2D eigenvalue weighted by atomic mass is 16.7. The van der Waals surface area contributed by atoms with Crippen LogP contribution < -0.4 is 10.6 Å². The Kier molecular flexibility index (Phi) is 18.5. The summed E-state index contributed by atoms with van der Waals surface area (Å²) in [5.74, 6) is -2.60. The zero-order valence-corrected chi connectivity index (χ0v) is 33.1. The summed E-state index contributed by atoms with van der Waals surface area (Å²) in [4.78, 5) is 43.7. The second-order valence-corrected chi connectivity index (χ2v) is 16.7. The van der Waals surface area contributed by atoms with E-state index in [1.165, 1.54) is 70.6 Å². The number of ketones is 1. The summed E-state index contributed by atoms with van der Waals surface area (Å²) in [5, 5.41) is 16.9. The number of aromatic nitrogens is 1. The maximum atomic E-state index is 14.2. The molecule has 2 fully saturated rings. The first-order valence-corrected chi connectivity index (χ1v) is 20.7. The molecule has 1 aromatic heterocycles. The van der Waals surface area contributed by atoms with Gasteiger partial charge in [-0.25, -0.2) is 4.79 Å². The topological polar surface area (TPSA) is 130 Å². The highest BCUT2D eigenvalue weighted by Gasteiger charge is 2.47. The van der Waals surface area contributed by atoms with Gasteiger partial charge in [-0.2, -0.15) is 0 Å². The summed E-state index contributed by atoms with van der Waals surface area (Å²) in [6.45, 7) is 12.4. The van der Waals surface area contributed by atoms with Crippen molar-refractivity contribution in [1.82, 2.24) is 15.6 Å². The fourth-order valence-electron chi connectivity index (χ4n) is 8.22. The molecule has 3 rings (SSSR count). The van der Waals surface area contributed by atoms with Gasteiger partial charge in [0.05, 0.1) is 13.0 Å². The second-order valence-electron chi connectivity index (χ2n) is 16.7. The lowest BCUT2D eigenvalue weighted by atomic mass is 9.76. The van der Waals surface area contributed by atoms with Gasteiger partial charge >= 0.3 is 12.0 Å². The predicted octanol–water partition coefficient (Wildman–Crippen LogP) is 10.4. The minimum absolute atomic E-state index is 0.130. The molecule has 2 aliphatic rings. The molecule has 0 bridgehead atoms. The maximum Gasteiger partial charge on any atom is 0.315 e. The molecule has 0 aromatic carbocycles. The average molecular weight is 716 g/mol. The quantitative estimate of drug-likeness (QED) is 0.0507. The Morgan fingerprint density at radius 3 is 2.06 bits per heavy atom. The number of hydrogen-bond donors (Lipinski definition) is 4. The van der Waals surface area contributed by atoms with Gasteiger partial charge in [0.25, 0.3) is 0 Å². The summed E-state index contributed by atoms with van der Waals surface area (Å²) < 4.78 is 12.1. The standard InChI is InChI=1S/C42H73N3O6/c1-7-9-11-13-15-17-20-24-31(23-19-16-14-12-10-8-2)44-40(49)45-35-26-22-18-21-25-32(35)34(29-36(46)47)37-33(27-28-43-37)38(48)39-41(3,4)30-50-42(5,6)51-39/h27-28,31-32,34-35,39,43H,7-26,29-30H2,1-6H3,(H,46,47)(H2,44,45,49). The summed E-state index contributed by atoms with van der Waals surface area (Å²) >= 11 is 0. The van der Waals surface area contributed by atoms with Gasteiger partial charge in [-0.1, -0.05) is 130 Å². The molecule has 1 aromatic rings. The molecule has 2 heterocycles. The van der Waals surface area contributed by atoms with Crippen molar-refractivity contribution in [1.29, 1.82) is 0 Å². The summed E-state index contributed by atoms with van der Waals surface area (Å²) in [5.41, 5.74) is 0.540. The van der Waals surface area contributed by atoms with Gasteiger partial charge in [0.1, 0.15) is 6.10 Å². The van der Waals surface area contributed by atoms with Crippen LogP contribution in [0, 0.1) is 11.3 Å². The highest BCUT2D eigenvalue weighted by Crippen LogP contribution is 2.41. The number of nitrogens with one attached hydrogen (secondary N) is 3. The predicted molar refractivity (Wildman–Crippen MR) is 205 cm³/mol. The number of ether oxygens (including phenoxy) is 2. The van der Waals surface area contributed by atoms with Crippen molar-refractivity contribution >= 4 is 17.8 Å². The van der Waals surface area contributed by atoms with Crippen LogP contribution in [0.1, 0.15) is 198 Å². The molecule has 1 aliphatic carbocycles. The number of hydrogen-bond acceptors (Lipinski definition) is 5. The molecule has 292 valence electrons. The van der Waals surface area contributed by atoms with Crippen molar-refractivity contribution < 1.29 is 29.0 Å². The van der Waals surface area contributed by atoms with E-state index in [2.05, 4.69) is 29.5 Å². The molecule has 1 saturated carbocycles. The van der Waals surface area contributed by atoms with Crippen LogP contribution in [-0.4, -0.2) is 58.5 Å². The lowest BCUT2D eigenvalue weighted by Gasteiger charge is -2.45. The van der Waals surface area contributed by atoms with E-state index in [0.717, 1.165) is 57.8 Å². The number of carboxylic acid groups (broad SMARTS) is 1. The normalized spacial score (nSPS) is 22.8.